The van der Waals surface area contributed by atoms with Gasteiger partial charge in [-0.25, -0.2) is 0 Å². The summed E-state index contributed by atoms with van der Waals surface area (Å²) in [6.45, 7) is 1.09. The lowest BCUT2D eigenvalue weighted by Crippen LogP contribution is -2.43. The largest absolute Gasteiger partial charge is 0.459 e. The summed E-state index contributed by atoms with van der Waals surface area (Å²) in [6.07, 6.45) is 2.98. The van der Waals surface area contributed by atoms with Gasteiger partial charge in [-0.15, -0.1) is 11.3 Å². The van der Waals surface area contributed by atoms with Crippen molar-refractivity contribution in [2.45, 2.75) is 12.8 Å². The summed E-state index contributed by atoms with van der Waals surface area (Å²) in [7, 11) is 0. The van der Waals surface area contributed by atoms with Crippen LogP contribution in [0.25, 0.3) is 0 Å². The quantitative estimate of drug-likeness (QED) is 0.647. The van der Waals surface area contributed by atoms with E-state index in [0.29, 0.717) is 29.3 Å². The van der Waals surface area contributed by atoms with Crippen molar-refractivity contribution in [2.24, 2.45) is 5.92 Å². The fourth-order valence-electron chi connectivity index (χ4n) is 3.41. The van der Waals surface area contributed by atoms with Gasteiger partial charge >= 0.3 is 0 Å². The highest BCUT2D eigenvalue weighted by Gasteiger charge is 2.29. The van der Waals surface area contributed by atoms with Gasteiger partial charge in [-0.05, 0) is 60.7 Å². The Morgan fingerprint density at radius 1 is 1.00 bits per heavy atom. The zero-order valence-corrected chi connectivity index (χ0v) is 17.0. The molecular weight excluding hydrogens is 402 g/mol. The number of rotatable bonds is 5. The number of carbonyl (C=O) groups excluding carboxylic acids is 3. The molecule has 2 aromatic heterocycles. The molecule has 0 spiro atoms. The van der Waals surface area contributed by atoms with Crippen molar-refractivity contribution < 1.29 is 18.8 Å². The van der Waals surface area contributed by atoms with Gasteiger partial charge in [0.2, 0.25) is 5.91 Å². The van der Waals surface area contributed by atoms with E-state index in [1.54, 1.807) is 41.3 Å². The molecule has 0 saturated carbocycles. The number of likely N-dealkylation sites (tertiary alicyclic amines) is 1. The average molecular weight is 423 g/mol. The van der Waals surface area contributed by atoms with Crippen LogP contribution in [0.15, 0.2) is 64.6 Å². The highest BCUT2D eigenvalue weighted by atomic mass is 32.1. The first-order valence-electron chi connectivity index (χ1n) is 9.69. The molecule has 0 aliphatic carbocycles. The maximum atomic E-state index is 12.7. The van der Waals surface area contributed by atoms with Gasteiger partial charge in [0.15, 0.2) is 5.76 Å². The summed E-state index contributed by atoms with van der Waals surface area (Å²) in [5, 5.41) is 7.52. The van der Waals surface area contributed by atoms with Crippen LogP contribution in [-0.4, -0.2) is 35.7 Å². The predicted octanol–water partition coefficient (Wildman–Crippen LogP) is 4.08. The number of amides is 3. The Balaban J connectivity index is 1.33. The van der Waals surface area contributed by atoms with E-state index in [-0.39, 0.29) is 29.4 Å². The van der Waals surface area contributed by atoms with Crippen LogP contribution in [0, 0.1) is 5.92 Å². The molecule has 0 bridgehead atoms. The van der Waals surface area contributed by atoms with Crippen molar-refractivity contribution in [1.82, 2.24) is 4.90 Å². The molecule has 1 unspecified atom stereocenters. The molecule has 0 radical (unpaired) electrons. The minimum Gasteiger partial charge on any atom is -0.459 e. The molecule has 1 atom stereocenters. The number of furan rings is 1. The molecule has 154 valence electrons. The van der Waals surface area contributed by atoms with Crippen LogP contribution < -0.4 is 10.6 Å². The molecule has 30 heavy (non-hydrogen) atoms. The van der Waals surface area contributed by atoms with Crippen molar-refractivity contribution in [1.29, 1.82) is 0 Å². The van der Waals surface area contributed by atoms with Crippen LogP contribution in [0.5, 0.6) is 0 Å². The highest BCUT2D eigenvalue weighted by Crippen LogP contribution is 2.22. The van der Waals surface area contributed by atoms with Crippen LogP contribution in [0.4, 0.5) is 11.4 Å². The molecule has 2 N–H and O–H groups in total. The Labute approximate surface area is 177 Å². The summed E-state index contributed by atoms with van der Waals surface area (Å²) < 4.78 is 5.06. The van der Waals surface area contributed by atoms with E-state index in [4.69, 9.17) is 4.42 Å². The summed E-state index contributed by atoms with van der Waals surface area (Å²) in [5.41, 5.74) is 1.23. The molecule has 3 amide bonds. The number of carbonyl (C=O) groups is 3. The Morgan fingerprint density at radius 3 is 2.43 bits per heavy atom. The standard InChI is InChI=1S/C22H21N3O4S/c26-20(15-4-1-11-25(14-15)22(28)19-6-3-13-30-19)23-16-7-9-17(10-8-16)24-21(27)18-5-2-12-29-18/h2-3,5-10,12-13,15H,1,4,11,14H2,(H,23,26)(H,24,27). The molecule has 1 aliphatic heterocycles. The van der Waals surface area contributed by atoms with Gasteiger partial charge in [-0.3, -0.25) is 14.4 Å². The van der Waals surface area contributed by atoms with E-state index >= 15 is 0 Å². The van der Waals surface area contributed by atoms with Gasteiger partial charge in [0.05, 0.1) is 17.1 Å². The maximum absolute atomic E-state index is 12.7. The minimum atomic E-state index is -0.338. The Kier molecular flexibility index (Phi) is 5.94. The lowest BCUT2D eigenvalue weighted by molar-refractivity contribution is -0.121. The molecule has 1 fully saturated rings. The fraction of sp³-hybridized carbons (Fsp3) is 0.227. The lowest BCUT2D eigenvalue weighted by atomic mass is 9.97. The number of benzene rings is 1. The molecule has 1 aliphatic rings. The van der Waals surface area contributed by atoms with Gasteiger partial charge in [0.1, 0.15) is 0 Å². The zero-order chi connectivity index (χ0) is 20.9. The number of hydrogen-bond acceptors (Lipinski definition) is 5. The monoisotopic (exact) mass is 423 g/mol. The third kappa shape index (κ3) is 4.60. The summed E-state index contributed by atoms with van der Waals surface area (Å²) in [6, 6.07) is 13.8. The molecular formula is C22H21N3O4S. The van der Waals surface area contributed by atoms with Crippen molar-refractivity contribution in [3.8, 4) is 0 Å². The summed E-state index contributed by atoms with van der Waals surface area (Å²) in [5.74, 6) is -0.480. The second-order valence-corrected chi connectivity index (χ2v) is 8.01. The first-order chi connectivity index (χ1) is 14.6. The van der Waals surface area contributed by atoms with E-state index in [1.165, 1.54) is 17.6 Å². The highest BCUT2D eigenvalue weighted by molar-refractivity contribution is 7.12. The SMILES string of the molecule is O=C(Nc1ccc(NC(=O)C2CCCN(C(=O)c3cccs3)C2)cc1)c1ccco1. The molecule has 7 nitrogen and oxygen atoms in total. The number of piperidine rings is 1. The van der Waals surface area contributed by atoms with E-state index < -0.39 is 0 Å². The summed E-state index contributed by atoms with van der Waals surface area (Å²) >= 11 is 1.41. The van der Waals surface area contributed by atoms with Crippen LogP contribution in [-0.2, 0) is 4.79 Å². The molecule has 3 heterocycles. The van der Waals surface area contributed by atoms with Gasteiger partial charge in [0, 0.05) is 24.5 Å². The van der Waals surface area contributed by atoms with Crippen molar-refractivity contribution in [2.75, 3.05) is 23.7 Å². The second kappa shape index (κ2) is 8.96. The van der Waals surface area contributed by atoms with Crippen LogP contribution in [0.2, 0.25) is 0 Å². The van der Waals surface area contributed by atoms with Gasteiger partial charge in [-0.2, -0.15) is 0 Å². The average Bonchev–Trinajstić information content (AvgIpc) is 3.49. The lowest BCUT2D eigenvalue weighted by Gasteiger charge is -2.31. The Bertz CT molecular complexity index is 1010. The van der Waals surface area contributed by atoms with E-state index in [2.05, 4.69) is 10.6 Å². The number of hydrogen-bond donors (Lipinski definition) is 2. The van der Waals surface area contributed by atoms with E-state index in [9.17, 15) is 14.4 Å². The number of nitrogens with zero attached hydrogens (tertiary/aromatic N) is 1. The molecule has 3 aromatic rings. The second-order valence-electron chi connectivity index (χ2n) is 7.07. The van der Waals surface area contributed by atoms with Gasteiger partial charge in [0.25, 0.3) is 11.8 Å². The van der Waals surface area contributed by atoms with Gasteiger partial charge < -0.3 is 20.0 Å². The van der Waals surface area contributed by atoms with Crippen LogP contribution >= 0.6 is 11.3 Å². The first-order valence-corrected chi connectivity index (χ1v) is 10.6. The van der Waals surface area contributed by atoms with Crippen LogP contribution in [0.3, 0.4) is 0 Å². The molecule has 8 heteroatoms. The number of anilines is 2. The third-order valence-corrected chi connectivity index (χ3v) is 5.82. The maximum Gasteiger partial charge on any atom is 0.291 e. The van der Waals surface area contributed by atoms with E-state index in [0.717, 1.165) is 12.8 Å². The van der Waals surface area contributed by atoms with E-state index in [1.807, 2.05) is 17.5 Å². The Hall–Kier alpha value is -3.39. The number of nitrogens with one attached hydrogen (secondary N) is 2. The number of thiophene rings is 1. The first kappa shape index (κ1) is 19.9. The minimum absolute atomic E-state index is 0.0147. The topological polar surface area (TPSA) is 91.7 Å². The normalized spacial score (nSPS) is 16.1. The zero-order valence-electron chi connectivity index (χ0n) is 16.2. The van der Waals surface area contributed by atoms with Gasteiger partial charge in [-0.1, -0.05) is 6.07 Å². The van der Waals surface area contributed by atoms with Crippen molar-refractivity contribution in [3.63, 3.8) is 0 Å². The Morgan fingerprint density at radius 2 is 1.77 bits per heavy atom. The predicted molar refractivity (Wildman–Crippen MR) is 115 cm³/mol. The molecule has 1 saturated heterocycles. The van der Waals surface area contributed by atoms with Crippen molar-refractivity contribution in [3.05, 3.63) is 70.8 Å². The molecule has 1 aromatic carbocycles. The molecule has 4 rings (SSSR count). The smallest absolute Gasteiger partial charge is 0.291 e. The third-order valence-electron chi connectivity index (χ3n) is 4.97. The fourth-order valence-corrected chi connectivity index (χ4v) is 4.10. The van der Waals surface area contributed by atoms with Crippen LogP contribution in [0.1, 0.15) is 33.1 Å². The van der Waals surface area contributed by atoms with Crippen molar-refractivity contribution >= 4 is 40.4 Å². The summed E-state index contributed by atoms with van der Waals surface area (Å²) in [4.78, 5) is 39.7.